The number of hydrogen-bond acceptors (Lipinski definition) is 3. The van der Waals surface area contributed by atoms with E-state index >= 15 is 0 Å². The lowest BCUT2D eigenvalue weighted by Gasteiger charge is -2.32. The fraction of sp³-hybridized carbons (Fsp3) is 0.478. The molecule has 3 nitrogen and oxygen atoms in total. The van der Waals surface area contributed by atoms with Crippen LogP contribution < -0.4 is 14.8 Å². The molecule has 0 bridgehead atoms. The van der Waals surface area contributed by atoms with E-state index in [0.29, 0.717) is 17.8 Å². The van der Waals surface area contributed by atoms with Crippen LogP contribution in [0.4, 0.5) is 0 Å². The van der Waals surface area contributed by atoms with Crippen molar-refractivity contribution in [3.63, 3.8) is 0 Å². The molecular formula is C23H29NO2. The second-order valence-electron chi connectivity index (χ2n) is 7.86. The summed E-state index contributed by atoms with van der Waals surface area (Å²) in [5.41, 5.74) is 4.15. The number of hydrogen-bond donors (Lipinski definition) is 1. The second-order valence-corrected chi connectivity index (χ2v) is 7.86. The van der Waals surface area contributed by atoms with Crippen LogP contribution in [-0.2, 0) is 6.42 Å². The van der Waals surface area contributed by atoms with Crippen LogP contribution in [0.2, 0.25) is 0 Å². The fourth-order valence-electron chi connectivity index (χ4n) is 4.10. The molecule has 2 aromatic rings. The number of fused-ring (bicyclic) bond motifs is 1. The molecule has 2 aliphatic rings. The summed E-state index contributed by atoms with van der Waals surface area (Å²) in [5, 5.41) is 3.54. The summed E-state index contributed by atoms with van der Waals surface area (Å²) in [6.07, 6.45) is 2.18. The molecule has 0 radical (unpaired) electrons. The molecule has 1 saturated heterocycles. The van der Waals surface area contributed by atoms with Gasteiger partial charge in [0.25, 0.3) is 0 Å². The Morgan fingerprint density at radius 1 is 1.15 bits per heavy atom. The van der Waals surface area contributed by atoms with Crippen molar-refractivity contribution in [2.45, 2.75) is 38.5 Å². The molecule has 0 saturated carbocycles. The highest BCUT2D eigenvalue weighted by molar-refractivity contribution is 5.42. The van der Waals surface area contributed by atoms with Crippen molar-refractivity contribution >= 4 is 0 Å². The zero-order chi connectivity index (χ0) is 17.9. The minimum Gasteiger partial charge on any atom is -0.493 e. The summed E-state index contributed by atoms with van der Waals surface area (Å²) in [4.78, 5) is 0. The van der Waals surface area contributed by atoms with Gasteiger partial charge in [0, 0.05) is 24.9 Å². The molecule has 2 atom stereocenters. The summed E-state index contributed by atoms with van der Waals surface area (Å²) >= 11 is 0. The lowest BCUT2D eigenvalue weighted by Crippen LogP contribution is -2.38. The first-order chi connectivity index (χ1) is 12.7. The maximum Gasteiger partial charge on any atom is 0.126 e. The van der Waals surface area contributed by atoms with Crippen LogP contribution >= 0.6 is 0 Å². The van der Waals surface area contributed by atoms with Crippen LogP contribution in [-0.4, -0.2) is 26.3 Å². The van der Waals surface area contributed by atoms with E-state index in [1.54, 1.807) is 0 Å². The molecule has 1 unspecified atom stereocenters. The van der Waals surface area contributed by atoms with Crippen LogP contribution in [0.1, 0.15) is 48.8 Å². The molecule has 26 heavy (non-hydrogen) atoms. The Morgan fingerprint density at radius 2 is 2.00 bits per heavy atom. The molecule has 2 heterocycles. The Kier molecular flexibility index (Phi) is 5.16. The normalized spacial score (nSPS) is 22.1. The van der Waals surface area contributed by atoms with E-state index in [1.807, 2.05) is 6.07 Å². The molecule has 138 valence electrons. The number of ether oxygens (including phenoxy) is 2. The monoisotopic (exact) mass is 351 g/mol. The quantitative estimate of drug-likeness (QED) is 0.859. The van der Waals surface area contributed by atoms with E-state index in [-0.39, 0.29) is 0 Å². The highest BCUT2D eigenvalue weighted by Crippen LogP contribution is 2.33. The van der Waals surface area contributed by atoms with Gasteiger partial charge in [0.2, 0.25) is 0 Å². The highest BCUT2D eigenvalue weighted by atomic mass is 16.5. The third kappa shape index (κ3) is 3.73. The Balaban J connectivity index is 1.44. The van der Waals surface area contributed by atoms with Crippen LogP contribution in [0.5, 0.6) is 11.5 Å². The van der Waals surface area contributed by atoms with Gasteiger partial charge in [-0.25, -0.2) is 0 Å². The number of benzene rings is 2. The number of rotatable bonds is 5. The minimum atomic E-state index is 0.489. The van der Waals surface area contributed by atoms with E-state index in [9.17, 15) is 0 Å². The van der Waals surface area contributed by atoms with Crippen molar-refractivity contribution in [1.82, 2.24) is 5.32 Å². The molecule has 0 aliphatic carbocycles. The molecule has 3 heteroatoms. The van der Waals surface area contributed by atoms with E-state index in [2.05, 4.69) is 55.6 Å². The largest absolute Gasteiger partial charge is 0.493 e. The van der Waals surface area contributed by atoms with Gasteiger partial charge in [0.1, 0.15) is 11.5 Å². The zero-order valence-corrected chi connectivity index (χ0v) is 15.8. The standard InChI is InChI=1S/C23H29NO2/c1-16(2)17-3-5-18(6-4-17)22-9-11-24-14-20(22)15-26-21-8-7-19-10-12-25-23(19)13-21/h3-8,13,16,20,22,24H,9-12,14-15H2,1-2H3/t20-,22?/m0/s1. The third-order valence-corrected chi connectivity index (χ3v) is 5.77. The predicted molar refractivity (Wildman–Crippen MR) is 105 cm³/mol. The Hall–Kier alpha value is -2.00. The Morgan fingerprint density at radius 3 is 2.81 bits per heavy atom. The molecule has 1 N–H and O–H groups in total. The van der Waals surface area contributed by atoms with Crippen LogP contribution in [0.15, 0.2) is 42.5 Å². The number of nitrogens with one attached hydrogen (secondary N) is 1. The lowest BCUT2D eigenvalue weighted by atomic mass is 9.81. The summed E-state index contributed by atoms with van der Waals surface area (Å²) in [6, 6.07) is 15.5. The zero-order valence-electron chi connectivity index (χ0n) is 15.8. The first-order valence-corrected chi connectivity index (χ1v) is 9.90. The van der Waals surface area contributed by atoms with E-state index in [4.69, 9.17) is 9.47 Å². The van der Waals surface area contributed by atoms with E-state index in [0.717, 1.165) is 44.2 Å². The number of piperidine rings is 1. The first-order valence-electron chi connectivity index (χ1n) is 9.90. The third-order valence-electron chi connectivity index (χ3n) is 5.77. The van der Waals surface area contributed by atoms with Crippen LogP contribution in [0, 0.1) is 5.92 Å². The molecule has 4 rings (SSSR count). The van der Waals surface area contributed by atoms with E-state index in [1.165, 1.54) is 23.1 Å². The maximum absolute atomic E-state index is 6.16. The first kappa shape index (κ1) is 17.4. The van der Waals surface area contributed by atoms with Crippen molar-refractivity contribution in [3.8, 4) is 11.5 Å². The van der Waals surface area contributed by atoms with Gasteiger partial charge >= 0.3 is 0 Å². The van der Waals surface area contributed by atoms with Crippen molar-refractivity contribution in [2.24, 2.45) is 5.92 Å². The maximum atomic E-state index is 6.16. The Labute approximate surface area is 156 Å². The van der Waals surface area contributed by atoms with Gasteiger partial charge in [-0.3, -0.25) is 0 Å². The summed E-state index contributed by atoms with van der Waals surface area (Å²) in [5.74, 6) is 3.54. The molecule has 2 aliphatic heterocycles. The van der Waals surface area contributed by atoms with Crippen molar-refractivity contribution in [1.29, 1.82) is 0 Å². The smallest absolute Gasteiger partial charge is 0.126 e. The molecule has 0 aromatic heterocycles. The predicted octanol–water partition coefficient (Wildman–Crippen LogP) is 4.52. The average Bonchev–Trinajstić information content (AvgIpc) is 3.14. The van der Waals surface area contributed by atoms with Gasteiger partial charge in [-0.05, 0) is 47.6 Å². The van der Waals surface area contributed by atoms with Gasteiger partial charge in [0.05, 0.1) is 13.2 Å². The SMILES string of the molecule is CC(C)c1ccc(C2CCNC[C@H]2COc2ccc3c(c2)OCC3)cc1. The molecule has 1 fully saturated rings. The molecule has 0 amide bonds. The minimum absolute atomic E-state index is 0.489. The molecular weight excluding hydrogens is 322 g/mol. The molecule has 2 aromatic carbocycles. The van der Waals surface area contributed by atoms with Crippen molar-refractivity contribution in [2.75, 3.05) is 26.3 Å². The van der Waals surface area contributed by atoms with Gasteiger partial charge in [0.15, 0.2) is 0 Å². The summed E-state index contributed by atoms with van der Waals surface area (Å²) < 4.78 is 11.8. The summed E-state index contributed by atoms with van der Waals surface area (Å²) in [6.45, 7) is 8.12. The lowest BCUT2D eigenvalue weighted by molar-refractivity contribution is 0.196. The van der Waals surface area contributed by atoms with Gasteiger partial charge in [-0.1, -0.05) is 44.2 Å². The van der Waals surface area contributed by atoms with E-state index < -0.39 is 0 Å². The fourth-order valence-corrected chi connectivity index (χ4v) is 4.10. The van der Waals surface area contributed by atoms with Gasteiger partial charge in [-0.15, -0.1) is 0 Å². The van der Waals surface area contributed by atoms with Crippen molar-refractivity contribution in [3.05, 3.63) is 59.2 Å². The highest BCUT2D eigenvalue weighted by Gasteiger charge is 2.27. The Bertz CT molecular complexity index is 738. The second kappa shape index (κ2) is 7.71. The topological polar surface area (TPSA) is 30.5 Å². The summed E-state index contributed by atoms with van der Waals surface area (Å²) in [7, 11) is 0. The van der Waals surface area contributed by atoms with Crippen molar-refractivity contribution < 1.29 is 9.47 Å². The van der Waals surface area contributed by atoms with Crippen LogP contribution in [0.3, 0.4) is 0 Å². The average molecular weight is 351 g/mol. The van der Waals surface area contributed by atoms with Gasteiger partial charge < -0.3 is 14.8 Å². The molecule has 0 spiro atoms. The van der Waals surface area contributed by atoms with Crippen LogP contribution in [0.25, 0.3) is 0 Å². The van der Waals surface area contributed by atoms with Gasteiger partial charge in [-0.2, -0.15) is 0 Å².